The fourth-order valence-corrected chi connectivity index (χ4v) is 2.54. The van der Waals surface area contributed by atoms with Crippen molar-refractivity contribution >= 4 is 5.96 Å². The molecule has 0 aliphatic carbocycles. The first-order valence-corrected chi connectivity index (χ1v) is 7.52. The molecule has 0 fully saturated rings. The Kier molecular flexibility index (Phi) is 6.04. The third-order valence-corrected chi connectivity index (χ3v) is 3.68. The Morgan fingerprint density at radius 2 is 2.36 bits per heavy atom. The first-order valence-electron chi connectivity index (χ1n) is 7.52. The van der Waals surface area contributed by atoms with Crippen LogP contribution in [0.15, 0.2) is 23.2 Å². The molecule has 1 aliphatic heterocycles. The molecule has 0 spiro atoms. The maximum atomic E-state index is 8.54. The molecule has 0 saturated heterocycles. The number of guanidine groups is 1. The Morgan fingerprint density at radius 1 is 1.50 bits per heavy atom. The summed E-state index contributed by atoms with van der Waals surface area (Å²) in [6, 6.07) is 6.29. The van der Waals surface area contributed by atoms with E-state index in [0.717, 1.165) is 31.7 Å². The number of hydrogen-bond acceptors (Lipinski definition) is 4. The fraction of sp³-hybridized carbons (Fsp3) is 0.500. The smallest absolute Gasteiger partial charge is 0.204 e. The minimum atomic E-state index is 0.489. The van der Waals surface area contributed by atoms with Gasteiger partial charge in [-0.1, -0.05) is 12.1 Å². The average molecular weight is 301 g/mol. The van der Waals surface area contributed by atoms with Crippen LogP contribution >= 0.6 is 0 Å². The summed E-state index contributed by atoms with van der Waals surface area (Å²) in [6.07, 6.45) is 3.73. The topological polar surface area (TPSA) is 72.7 Å². The normalized spacial score (nSPS) is 14.9. The van der Waals surface area contributed by atoms with E-state index in [1.807, 2.05) is 12.3 Å². The van der Waals surface area contributed by atoms with Gasteiger partial charge in [0.15, 0.2) is 6.19 Å². The first kappa shape index (κ1) is 16.1. The number of nitrogens with one attached hydrogen (secondary N) is 2. The zero-order valence-electron chi connectivity index (χ0n) is 13.2. The van der Waals surface area contributed by atoms with Gasteiger partial charge in [-0.3, -0.25) is 10.3 Å². The fourth-order valence-electron chi connectivity index (χ4n) is 2.54. The van der Waals surface area contributed by atoms with Gasteiger partial charge in [-0.15, -0.1) is 0 Å². The van der Waals surface area contributed by atoms with Gasteiger partial charge in [0.05, 0.1) is 6.61 Å². The third kappa shape index (κ3) is 4.37. The molecule has 1 heterocycles. The summed E-state index contributed by atoms with van der Waals surface area (Å²) in [7, 11) is 3.78. The SMILES string of the molecule is CN=C(NC#N)NCCCOc1cccc2c1CCN(C)C2. The van der Waals surface area contributed by atoms with Crippen LogP contribution < -0.4 is 15.4 Å². The van der Waals surface area contributed by atoms with Crippen molar-refractivity contribution in [3.05, 3.63) is 29.3 Å². The molecule has 0 radical (unpaired) electrons. The molecule has 0 unspecified atom stereocenters. The average Bonchev–Trinajstić information content (AvgIpc) is 2.53. The second kappa shape index (κ2) is 8.25. The summed E-state index contributed by atoms with van der Waals surface area (Å²) in [5.41, 5.74) is 2.71. The minimum absolute atomic E-state index is 0.489. The van der Waals surface area contributed by atoms with Gasteiger partial charge in [0, 0.05) is 26.7 Å². The number of rotatable bonds is 5. The Hall–Kier alpha value is -2.26. The monoisotopic (exact) mass is 301 g/mol. The van der Waals surface area contributed by atoms with E-state index in [-0.39, 0.29) is 0 Å². The van der Waals surface area contributed by atoms with E-state index in [0.29, 0.717) is 19.1 Å². The predicted molar refractivity (Wildman–Crippen MR) is 86.7 cm³/mol. The van der Waals surface area contributed by atoms with Crippen LogP contribution in [0.25, 0.3) is 0 Å². The second-order valence-corrected chi connectivity index (χ2v) is 5.32. The number of nitrogens with zero attached hydrogens (tertiary/aromatic N) is 3. The third-order valence-electron chi connectivity index (χ3n) is 3.68. The Morgan fingerprint density at radius 3 is 3.14 bits per heavy atom. The highest BCUT2D eigenvalue weighted by Crippen LogP contribution is 2.27. The molecule has 118 valence electrons. The molecule has 1 aliphatic rings. The lowest BCUT2D eigenvalue weighted by atomic mass is 9.99. The van der Waals surface area contributed by atoms with Gasteiger partial charge in [0.2, 0.25) is 5.96 Å². The lowest BCUT2D eigenvalue weighted by Gasteiger charge is -2.26. The summed E-state index contributed by atoms with van der Waals surface area (Å²) in [5.74, 6) is 1.49. The predicted octanol–water partition coefficient (Wildman–Crippen LogP) is 1.09. The second-order valence-electron chi connectivity index (χ2n) is 5.32. The zero-order chi connectivity index (χ0) is 15.8. The molecule has 6 nitrogen and oxygen atoms in total. The molecule has 0 saturated carbocycles. The van der Waals surface area contributed by atoms with Crippen molar-refractivity contribution in [1.82, 2.24) is 15.5 Å². The molecular weight excluding hydrogens is 278 g/mol. The molecule has 1 aromatic rings. The van der Waals surface area contributed by atoms with E-state index >= 15 is 0 Å². The highest BCUT2D eigenvalue weighted by Gasteiger charge is 2.16. The van der Waals surface area contributed by atoms with E-state index in [4.69, 9.17) is 10.00 Å². The van der Waals surface area contributed by atoms with Crippen LogP contribution in [0.4, 0.5) is 0 Å². The first-order chi connectivity index (χ1) is 10.7. The minimum Gasteiger partial charge on any atom is -0.493 e. The molecule has 0 bridgehead atoms. The number of aliphatic imine (C=N–C) groups is 1. The van der Waals surface area contributed by atoms with Gasteiger partial charge in [-0.25, -0.2) is 0 Å². The van der Waals surface area contributed by atoms with Crippen LogP contribution in [0, 0.1) is 11.5 Å². The summed E-state index contributed by atoms with van der Waals surface area (Å²) in [4.78, 5) is 6.25. The highest BCUT2D eigenvalue weighted by atomic mass is 16.5. The van der Waals surface area contributed by atoms with Gasteiger partial charge in [-0.05, 0) is 37.1 Å². The maximum absolute atomic E-state index is 8.54. The van der Waals surface area contributed by atoms with Gasteiger partial charge in [-0.2, -0.15) is 5.26 Å². The molecule has 6 heteroatoms. The number of likely N-dealkylation sites (N-methyl/N-ethyl adjacent to an activating group) is 1. The van der Waals surface area contributed by atoms with Crippen molar-refractivity contribution in [2.24, 2.45) is 4.99 Å². The van der Waals surface area contributed by atoms with Gasteiger partial charge < -0.3 is 15.0 Å². The number of fused-ring (bicyclic) bond motifs is 1. The van der Waals surface area contributed by atoms with Crippen LogP contribution in [0.2, 0.25) is 0 Å². The van der Waals surface area contributed by atoms with Crippen molar-refractivity contribution in [2.75, 3.05) is 33.8 Å². The van der Waals surface area contributed by atoms with E-state index in [9.17, 15) is 0 Å². The van der Waals surface area contributed by atoms with Crippen molar-refractivity contribution in [1.29, 1.82) is 5.26 Å². The highest BCUT2D eigenvalue weighted by molar-refractivity contribution is 5.80. The van der Waals surface area contributed by atoms with Crippen LogP contribution in [-0.2, 0) is 13.0 Å². The molecule has 0 atom stereocenters. The van der Waals surface area contributed by atoms with Crippen LogP contribution in [0.3, 0.4) is 0 Å². The van der Waals surface area contributed by atoms with Crippen molar-refractivity contribution in [2.45, 2.75) is 19.4 Å². The van der Waals surface area contributed by atoms with Gasteiger partial charge >= 0.3 is 0 Å². The number of hydrogen-bond donors (Lipinski definition) is 2. The van der Waals surface area contributed by atoms with Crippen LogP contribution in [0.5, 0.6) is 5.75 Å². The number of benzene rings is 1. The molecule has 0 aromatic heterocycles. The lowest BCUT2D eigenvalue weighted by molar-refractivity contribution is 0.286. The van der Waals surface area contributed by atoms with Crippen molar-refractivity contribution in [3.63, 3.8) is 0 Å². The van der Waals surface area contributed by atoms with Crippen molar-refractivity contribution in [3.8, 4) is 11.9 Å². The molecular formula is C16H23N5O. The van der Waals surface area contributed by atoms with E-state index in [2.05, 4.69) is 39.7 Å². The Labute approximate surface area is 131 Å². The summed E-state index contributed by atoms with van der Waals surface area (Å²) in [5, 5.41) is 14.1. The summed E-state index contributed by atoms with van der Waals surface area (Å²) in [6.45, 7) is 3.41. The van der Waals surface area contributed by atoms with Crippen LogP contribution in [-0.4, -0.2) is 44.7 Å². The van der Waals surface area contributed by atoms with E-state index < -0.39 is 0 Å². The Bertz CT molecular complexity index is 564. The Balaban J connectivity index is 1.79. The molecule has 2 N–H and O–H groups in total. The molecule has 22 heavy (non-hydrogen) atoms. The van der Waals surface area contributed by atoms with Gasteiger partial charge in [0.1, 0.15) is 5.75 Å². The molecule has 1 aromatic carbocycles. The zero-order valence-corrected chi connectivity index (χ0v) is 13.2. The van der Waals surface area contributed by atoms with E-state index in [1.165, 1.54) is 11.1 Å². The molecule has 0 amide bonds. The van der Waals surface area contributed by atoms with E-state index in [1.54, 1.807) is 7.05 Å². The van der Waals surface area contributed by atoms with Crippen LogP contribution in [0.1, 0.15) is 17.5 Å². The molecule has 2 rings (SSSR count). The quantitative estimate of drug-likeness (QED) is 0.280. The number of ether oxygens (including phenoxy) is 1. The maximum Gasteiger partial charge on any atom is 0.204 e. The van der Waals surface area contributed by atoms with Crippen molar-refractivity contribution < 1.29 is 4.74 Å². The lowest BCUT2D eigenvalue weighted by Crippen LogP contribution is -2.35. The standard InChI is InChI=1S/C16H23N5O/c1-18-16(20-12-17)19-8-4-10-22-15-6-3-5-13-11-21(2)9-7-14(13)15/h3,5-6H,4,7-11H2,1-2H3,(H2,18,19,20). The largest absolute Gasteiger partial charge is 0.493 e. The number of nitriles is 1. The summed E-state index contributed by atoms with van der Waals surface area (Å²) >= 11 is 0. The summed E-state index contributed by atoms with van der Waals surface area (Å²) < 4.78 is 5.93. The van der Waals surface area contributed by atoms with Gasteiger partial charge in [0.25, 0.3) is 0 Å².